The highest BCUT2D eigenvalue weighted by Crippen LogP contribution is 2.21. The highest BCUT2D eigenvalue weighted by molar-refractivity contribution is 5.98. The number of rotatable bonds is 3. The Morgan fingerprint density at radius 2 is 1.95 bits per heavy atom. The Balaban J connectivity index is 0.00000220. The van der Waals surface area contributed by atoms with Crippen molar-refractivity contribution in [2.75, 3.05) is 13.1 Å². The van der Waals surface area contributed by atoms with Gasteiger partial charge in [0.05, 0.1) is 6.04 Å². The van der Waals surface area contributed by atoms with E-state index < -0.39 is 6.04 Å². The molecule has 0 spiro atoms. The molecule has 4 nitrogen and oxygen atoms in total. The van der Waals surface area contributed by atoms with Gasteiger partial charge in [0.2, 0.25) is 5.91 Å². The molecule has 1 aromatic rings. The quantitative estimate of drug-likeness (QED) is 0.868. The number of likely N-dealkylation sites (tertiary alicyclic amines) is 1. The van der Waals surface area contributed by atoms with Gasteiger partial charge in [-0.2, -0.15) is 0 Å². The molecule has 0 bridgehead atoms. The zero-order valence-electron chi connectivity index (χ0n) is 11.9. The van der Waals surface area contributed by atoms with Crippen LogP contribution in [0.5, 0.6) is 0 Å². The summed E-state index contributed by atoms with van der Waals surface area (Å²) in [5.74, 6) is -0.746. The molecule has 1 fully saturated rings. The second-order valence-electron chi connectivity index (χ2n) is 5.28. The smallest absolute Gasteiger partial charge is 0.239 e. The van der Waals surface area contributed by atoms with E-state index in [-0.39, 0.29) is 35.8 Å². The lowest BCUT2D eigenvalue weighted by atomic mass is 9.90. The lowest BCUT2D eigenvalue weighted by molar-refractivity contribution is -0.133. The van der Waals surface area contributed by atoms with Gasteiger partial charge in [0.15, 0.2) is 5.78 Å². The fourth-order valence-electron chi connectivity index (χ4n) is 2.53. The number of ketones is 1. The average Bonchev–Trinajstić information content (AvgIpc) is 2.46. The maximum absolute atomic E-state index is 12.9. The minimum atomic E-state index is -0.547. The van der Waals surface area contributed by atoms with E-state index in [1.54, 1.807) is 11.8 Å². The van der Waals surface area contributed by atoms with Crippen molar-refractivity contribution in [1.82, 2.24) is 4.90 Å². The number of nitrogens with two attached hydrogens (primary N) is 1. The van der Waals surface area contributed by atoms with Crippen molar-refractivity contribution in [3.05, 3.63) is 35.6 Å². The fraction of sp³-hybridized carbons (Fsp3) is 0.467. The van der Waals surface area contributed by atoms with Crippen molar-refractivity contribution < 1.29 is 14.0 Å². The predicted molar refractivity (Wildman–Crippen MR) is 80.9 cm³/mol. The molecule has 2 N–H and O–H groups in total. The number of carbonyl (C=O) groups excluding carboxylic acids is 2. The second-order valence-corrected chi connectivity index (χ2v) is 5.28. The van der Waals surface area contributed by atoms with Gasteiger partial charge in [-0.05, 0) is 44.0 Å². The van der Waals surface area contributed by atoms with Crippen LogP contribution in [0.4, 0.5) is 4.39 Å². The molecule has 1 saturated heterocycles. The average molecular weight is 315 g/mol. The summed E-state index contributed by atoms with van der Waals surface area (Å²) in [7, 11) is 0. The molecule has 1 aliphatic rings. The normalized spacial score (nSPS) is 19.6. The third-order valence-electron chi connectivity index (χ3n) is 3.62. The van der Waals surface area contributed by atoms with E-state index in [0.29, 0.717) is 18.7 Å². The van der Waals surface area contributed by atoms with E-state index >= 15 is 0 Å². The molecule has 0 aliphatic carbocycles. The fourth-order valence-corrected chi connectivity index (χ4v) is 2.53. The first-order chi connectivity index (χ1) is 9.49. The summed E-state index contributed by atoms with van der Waals surface area (Å²) in [5.41, 5.74) is 6.09. The summed E-state index contributed by atoms with van der Waals surface area (Å²) < 4.78 is 12.9. The first kappa shape index (κ1) is 17.6. The van der Waals surface area contributed by atoms with Gasteiger partial charge in [0.25, 0.3) is 0 Å². The van der Waals surface area contributed by atoms with E-state index in [9.17, 15) is 14.0 Å². The second kappa shape index (κ2) is 7.52. The Kier molecular flexibility index (Phi) is 6.30. The number of Topliss-reactive ketones (excluding diaryl/α,β-unsaturated/α-hetero) is 1. The van der Waals surface area contributed by atoms with Crippen molar-refractivity contribution >= 4 is 24.1 Å². The Hall–Kier alpha value is -1.46. The number of halogens is 2. The van der Waals surface area contributed by atoms with E-state index in [4.69, 9.17) is 5.73 Å². The van der Waals surface area contributed by atoms with Crippen LogP contribution in [-0.2, 0) is 4.79 Å². The third kappa shape index (κ3) is 4.25. The van der Waals surface area contributed by atoms with Crippen LogP contribution in [0.15, 0.2) is 24.3 Å². The molecular weight excluding hydrogens is 295 g/mol. The Morgan fingerprint density at radius 1 is 1.33 bits per heavy atom. The number of piperidine rings is 1. The maximum Gasteiger partial charge on any atom is 0.239 e. The Bertz CT molecular complexity index is 505. The van der Waals surface area contributed by atoms with Crippen molar-refractivity contribution in [2.45, 2.75) is 25.8 Å². The number of hydrogen-bond acceptors (Lipinski definition) is 3. The van der Waals surface area contributed by atoms with Crippen LogP contribution in [0.1, 0.15) is 30.1 Å². The van der Waals surface area contributed by atoms with Crippen molar-refractivity contribution in [3.63, 3.8) is 0 Å². The molecular formula is C15H20ClFN2O2. The number of amides is 1. The molecule has 1 amide bonds. The van der Waals surface area contributed by atoms with Crippen LogP contribution in [0.3, 0.4) is 0 Å². The standard InChI is InChI=1S/C15H19FN2O2.ClH/c1-10(17)15(20)18-8-2-3-12(9-18)14(19)11-4-6-13(16)7-5-11;/h4-7,10,12H,2-3,8-9,17H2,1H3;1H/t10-,12?;/m1./s1. The number of benzene rings is 1. The number of nitrogens with zero attached hydrogens (tertiary/aromatic N) is 1. The van der Waals surface area contributed by atoms with Gasteiger partial charge in [0.1, 0.15) is 5.82 Å². The van der Waals surface area contributed by atoms with Crippen molar-refractivity contribution in [2.24, 2.45) is 11.7 Å². The third-order valence-corrected chi connectivity index (χ3v) is 3.62. The molecule has 0 aromatic heterocycles. The molecule has 2 rings (SSSR count). The molecule has 1 aliphatic heterocycles. The molecule has 2 atom stereocenters. The van der Waals surface area contributed by atoms with E-state index in [2.05, 4.69) is 0 Å². The van der Waals surface area contributed by atoms with Crippen molar-refractivity contribution in [1.29, 1.82) is 0 Å². The van der Waals surface area contributed by atoms with Crippen LogP contribution in [0.25, 0.3) is 0 Å². The molecule has 116 valence electrons. The van der Waals surface area contributed by atoms with Gasteiger partial charge >= 0.3 is 0 Å². The monoisotopic (exact) mass is 314 g/mol. The lowest BCUT2D eigenvalue weighted by Crippen LogP contribution is -2.48. The highest BCUT2D eigenvalue weighted by Gasteiger charge is 2.29. The molecule has 21 heavy (non-hydrogen) atoms. The molecule has 1 aromatic carbocycles. The first-order valence-electron chi connectivity index (χ1n) is 6.83. The largest absolute Gasteiger partial charge is 0.341 e. The van der Waals surface area contributed by atoms with Gasteiger partial charge in [-0.3, -0.25) is 9.59 Å². The van der Waals surface area contributed by atoms with Crippen LogP contribution < -0.4 is 5.73 Å². The van der Waals surface area contributed by atoms with E-state index in [1.165, 1.54) is 24.3 Å². The summed E-state index contributed by atoms with van der Waals surface area (Å²) in [6, 6.07) is 4.99. The molecule has 6 heteroatoms. The van der Waals surface area contributed by atoms with Gasteiger partial charge in [-0.1, -0.05) is 0 Å². The zero-order valence-corrected chi connectivity index (χ0v) is 12.7. The minimum absolute atomic E-state index is 0. The Labute approximate surface area is 129 Å². The highest BCUT2D eigenvalue weighted by atomic mass is 35.5. The molecule has 1 unspecified atom stereocenters. The van der Waals surface area contributed by atoms with E-state index in [0.717, 1.165) is 12.8 Å². The van der Waals surface area contributed by atoms with Gasteiger partial charge in [0, 0.05) is 24.6 Å². The topological polar surface area (TPSA) is 63.4 Å². The van der Waals surface area contributed by atoms with E-state index in [1.807, 2.05) is 0 Å². The predicted octanol–water partition coefficient (Wildman–Crippen LogP) is 2.02. The van der Waals surface area contributed by atoms with Crippen LogP contribution in [0.2, 0.25) is 0 Å². The van der Waals surface area contributed by atoms with Crippen LogP contribution >= 0.6 is 12.4 Å². The SMILES string of the molecule is C[C@@H](N)C(=O)N1CCCC(C(=O)c2ccc(F)cc2)C1.Cl. The van der Waals surface area contributed by atoms with Gasteiger partial charge < -0.3 is 10.6 Å². The summed E-state index contributed by atoms with van der Waals surface area (Å²) >= 11 is 0. The molecule has 0 saturated carbocycles. The van der Waals surface area contributed by atoms with Crippen LogP contribution in [-0.4, -0.2) is 35.7 Å². The van der Waals surface area contributed by atoms with Gasteiger partial charge in [-0.15, -0.1) is 12.4 Å². The Morgan fingerprint density at radius 3 is 2.52 bits per heavy atom. The summed E-state index contributed by atoms with van der Waals surface area (Å²) in [4.78, 5) is 25.9. The van der Waals surface area contributed by atoms with Crippen molar-refractivity contribution in [3.8, 4) is 0 Å². The summed E-state index contributed by atoms with van der Waals surface area (Å²) in [5, 5.41) is 0. The van der Waals surface area contributed by atoms with Gasteiger partial charge in [-0.25, -0.2) is 4.39 Å². The van der Waals surface area contributed by atoms with Crippen LogP contribution in [0, 0.1) is 11.7 Å². The summed E-state index contributed by atoms with van der Waals surface area (Å²) in [6.45, 7) is 2.69. The molecule has 0 radical (unpaired) electrons. The maximum atomic E-state index is 12.9. The number of carbonyl (C=O) groups is 2. The lowest BCUT2D eigenvalue weighted by Gasteiger charge is -2.33. The zero-order chi connectivity index (χ0) is 14.7. The summed E-state index contributed by atoms with van der Waals surface area (Å²) in [6.07, 6.45) is 1.54. The minimum Gasteiger partial charge on any atom is -0.341 e. The molecule has 1 heterocycles. The number of hydrogen-bond donors (Lipinski definition) is 1. The first-order valence-corrected chi connectivity index (χ1v) is 6.83.